The van der Waals surface area contributed by atoms with Crippen molar-refractivity contribution in [2.75, 3.05) is 0 Å². The van der Waals surface area contributed by atoms with Crippen LogP contribution in [0.1, 0.15) is 12.7 Å². The van der Waals surface area contributed by atoms with Crippen molar-refractivity contribution >= 4 is 21.6 Å². The molecular weight excluding hydrogens is 230 g/mol. The van der Waals surface area contributed by atoms with E-state index in [9.17, 15) is 0 Å². The number of hydrogen-bond donors (Lipinski definition) is 0. The van der Waals surface area contributed by atoms with Crippen LogP contribution in [0.5, 0.6) is 0 Å². The van der Waals surface area contributed by atoms with Crippen LogP contribution in [-0.2, 0) is 6.42 Å². The highest BCUT2D eigenvalue weighted by molar-refractivity contribution is 7.17. The predicted octanol–water partition coefficient (Wildman–Crippen LogP) is 3.32. The maximum atomic E-state index is 4.60. The normalized spacial score (nSPS) is 10.9. The molecule has 3 rings (SSSR count). The van der Waals surface area contributed by atoms with Crippen LogP contribution in [0.4, 0.5) is 0 Å². The molecule has 3 nitrogen and oxygen atoms in total. The third-order valence-corrected chi connectivity index (χ3v) is 3.48. The molecule has 0 saturated heterocycles. The Labute approximate surface area is 103 Å². The van der Waals surface area contributed by atoms with Crippen molar-refractivity contribution in [2.24, 2.45) is 0 Å². The fourth-order valence-corrected chi connectivity index (χ4v) is 2.58. The molecule has 0 aromatic carbocycles. The average molecular weight is 241 g/mol. The van der Waals surface area contributed by atoms with Crippen LogP contribution in [0.15, 0.2) is 35.8 Å². The highest BCUT2D eigenvalue weighted by Gasteiger charge is 2.10. The Morgan fingerprint density at radius 1 is 1.18 bits per heavy atom. The first-order valence-corrected chi connectivity index (χ1v) is 6.42. The molecule has 0 saturated carbocycles. The smallest absolute Gasteiger partial charge is 0.129 e. The van der Waals surface area contributed by atoms with Crippen molar-refractivity contribution in [3.05, 3.63) is 41.7 Å². The second-order valence-corrected chi connectivity index (χ2v) is 4.61. The summed E-state index contributed by atoms with van der Waals surface area (Å²) >= 11 is 1.66. The average Bonchev–Trinajstić information content (AvgIpc) is 2.86. The molecule has 17 heavy (non-hydrogen) atoms. The summed E-state index contributed by atoms with van der Waals surface area (Å²) in [5.74, 6) is 0.872. The summed E-state index contributed by atoms with van der Waals surface area (Å²) in [6.45, 7) is 2.07. The number of rotatable bonds is 2. The zero-order valence-electron chi connectivity index (χ0n) is 9.42. The van der Waals surface area contributed by atoms with E-state index in [1.165, 1.54) is 0 Å². The lowest BCUT2D eigenvalue weighted by atomic mass is 10.2. The third-order valence-electron chi connectivity index (χ3n) is 2.57. The summed E-state index contributed by atoms with van der Waals surface area (Å²) in [6, 6.07) is 7.92. The van der Waals surface area contributed by atoms with E-state index in [2.05, 4.69) is 21.9 Å². The number of hydrogen-bond acceptors (Lipinski definition) is 4. The Morgan fingerprint density at radius 2 is 2.12 bits per heavy atom. The van der Waals surface area contributed by atoms with E-state index in [-0.39, 0.29) is 0 Å². The molecule has 0 bridgehead atoms. The molecule has 3 aromatic heterocycles. The highest BCUT2D eigenvalue weighted by atomic mass is 32.1. The van der Waals surface area contributed by atoms with Gasteiger partial charge in [0.15, 0.2) is 0 Å². The van der Waals surface area contributed by atoms with Crippen LogP contribution < -0.4 is 0 Å². The van der Waals surface area contributed by atoms with Crippen LogP contribution in [0.25, 0.3) is 21.6 Å². The van der Waals surface area contributed by atoms with Gasteiger partial charge in [0.25, 0.3) is 0 Å². The molecule has 0 unspecified atom stereocenters. The van der Waals surface area contributed by atoms with E-state index in [0.29, 0.717) is 0 Å². The molecule has 0 amide bonds. The van der Waals surface area contributed by atoms with Crippen LogP contribution in [0.3, 0.4) is 0 Å². The van der Waals surface area contributed by atoms with E-state index < -0.39 is 0 Å². The van der Waals surface area contributed by atoms with Gasteiger partial charge in [-0.25, -0.2) is 9.97 Å². The number of pyridine rings is 1. The summed E-state index contributed by atoms with van der Waals surface area (Å²) < 4.78 is 1.11. The SMILES string of the molecule is CCc1nc(-c2ccccn2)c2sccc2n1. The first kappa shape index (κ1) is 10.4. The van der Waals surface area contributed by atoms with Crippen LogP contribution >= 0.6 is 11.3 Å². The minimum atomic E-state index is 0.839. The lowest BCUT2D eigenvalue weighted by Crippen LogP contribution is -1.96. The van der Waals surface area contributed by atoms with Crippen molar-refractivity contribution in [3.8, 4) is 11.4 Å². The van der Waals surface area contributed by atoms with Gasteiger partial charge >= 0.3 is 0 Å². The lowest BCUT2D eigenvalue weighted by molar-refractivity contribution is 0.963. The van der Waals surface area contributed by atoms with Gasteiger partial charge < -0.3 is 0 Å². The fraction of sp³-hybridized carbons (Fsp3) is 0.154. The van der Waals surface area contributed by atoms with Gasteiger partial charge in [0.2, 0.25) is 0 Å². The van der Waals surface area contributed by atoms with Crippen LogP contribution in [0.2, 0.25) is 0 Å². The van der Waals surface area contributed by atoms with Crippen molar-refractivity contribution in [1.82, 2.24) is 15.0 Å². The molecule has 3 heterocycles. The molecular formula is C13H11N3S. The maximum Gasteiger partial charge on any atom is 0.129 e. The number of fused-ring (bicyclic) bond motifs is 1. The van der Waals surface area contributed by atoms with Crippen molar-refractivity contribution < 1.29 is 0 Å². The maximum absolute atomic E-state index is 4.60. The topological polar surface area (TPSA) is 38.7 Å². The van der Waals surface area contributed by atoms with Crippen molar-refractivity contribution in [2.45, 2.75) is 13.3 Å². The van der Waals surface area contributed by atoms with E-state index in [1.54, 1.807) is 17.5 Å². The Bertz CT molecular complexity index is 646. The first-order chi connectivity index (χ1) is 8.38. The Morgan fingerprint density at radius 3 is 2.88 bits per heavy atom. The molecule has 0 radical (unpaired) electrons. The molecule has 0 aliphatic heterocycles. The molecule has 0 atom stereocenters. The number of nitrogens with zero attached hydrogens (tertiary/aromatic N) is 3. The van der Waals surface area contributed by atoms with Gasteiger partial charge in [0.1, 0.15) is 11.5 Å². The molecule has 0 N–H and O–H groups in total. The predicted molar refractivity (Wildman–Crippen MR) is 70.0 cm³/mol. The number of aromatic nitrogens is 3. The van der Waals surface area contributed by atoms with E-state index in [0.717, 1.165) is 33.8 Å². The summed E-state index contributed by atoms with van der Waals surface area (Å²) in [4.78, 5) is 13.5. The zero-order valence-corrected chi connectivity index (χ0v) is 10.2. The molecule has 3 aromatic rings. The summed E-state index contributed by atoms with van der Waals surface area (Å²) in [7, 11) is 0. The first-order valence-electron chi connectivity index (χ1n) is 5.54. The highest BCUT2D eigenvalue weighted by Crippen LogP contribution is 2.28. The van der Waals surface area contributed by atoms with Crippen molar-refractivity contribution in [1.29, 1.82) is 0 Å². The van der Waals surface area contributed by atoms with Gasteiger partial charge in [0, 0.05) is 12.6 Å². The Hall–Kier alpha value is -1.81. The summed E-state index contributed by atoms with van der Waals surface area (Å²) in [5, 5.41) is 2.05. The third kappa shape index (κ3) is 1.80. The molecule has 4 heteroatoms. The quantitative estimate of drug-likeness (QED) is 0.691. The fourth-order valence-electron chi connectivity index (χ4n) is 1.75. The minimum absolute atomic E-state index is 0.839. The van der Waals surface area contributed by atoms with Crippen LogP contribution in [0, 0.1) is 0 Å². The Kier molecular flexibility index (Phi) is 2.57. The summed E-state index contributed by atoms with van der Waals surface area (Å²) in [5.41, 5.74) is 2.88. The minimum Gasteiger partial charge on any atom is -0.255 e. The second kappa shape index (κ2) is 4.22. The van der Waals surface area contributed by atoms with E-state index >= 15 is 0 Å². The standard InChI is InChI=1S/C13H11N3S/c1-2-11-15-10-6-8-17-13(10)12(16-11)9-5-3-4-7-14-9/h3-8H,2H2,1H3. The second-order valence-electron chi connectivity index (χ2n) is 3.69. The van der Waals surface area contributed by atoms with Crippen LogP contribution in [-0.4, -0.2) is 15.0 Å². The van der Waals surface area contributed by atoms with Gasteiger partial charge in [-0.2, -0.15) is 0 Å². The molecule has 0 aliphatic rings. The molecule has 0 aliphatic carbocycles. The largest absolute Gasteiger partial charge is 0.255 e. The molecule has 0 spiro atoms. The number of thiophene rings is 1. The summed E-state index contributed by atoms with van der Waals surface area (Å²) in [6.07, 6.45) is 2.63. The zero-order chi connectivity index (χ0) is 11.7. The molecule has 84 valence electrons. The van der Waals surface area contributed by atoms with Gasteiger partial charge in [-0.05, 0) is 23.6 Å². The van der Waals surface area contributed by atoms with E-state index in [4.69, 9.17) is 0 Å². The van der Waals surface area contributed by atoms with Crippen molar-refractivity contribution in [3.63, 3.8) is 0 Å². The van der Waals surface area contributed by atoms with Gasteiger partial charge in [-0.15, -0.1) is 11.3 Å². The molecule has 0 fully saturated rings. The van der Waals surface area contributed by atoms with Gasteiger partial charge in [-0.3, -0.25) is 4.98 Å². The van der Waals surface area contributed by atoms with Gasteiger partial charge in [0.05, 0.1) is 15.9 Å². The van der Waals surface area contributed by atoms with Gasteiger partial charge in [-0.1, -0.05) is 13.0 Å². The lowest BCUT2D eigenvalue weighted by Gasteiger charge is -2.03. The van der Waals surface area contributed by atoms with E-state index in [1.807, 2.05) is 29.6 Å². The Balaban J connectivity index is 2.30. The monoisotopic (exact) mass is 241 g/mol. The number of aryl methyl sites for hydroxylation is 1.